The van der Waals surface area contributed by atoms with Gasteiger partial charge in [0.05, 0.1) is 0 Å². The maximum atomic E-state index is 13.8. The summed E-state index contributed by atoms with van der Waals surface area (Å²) in [6.45, 7) is 0. The molecule has 254 valence electrons. The summed E-state index contributed by atoms with van der Waals surface area (Å²) < 4.78 is 6.11. The van der Waals surface area contributed by atoms with Crippen molar-refractivity contribution in [3.8, 4) is 0 Å². The van der Waals surface area contributed by atoms with Crippen molar-refractivity contribution < 1.29 is 24.3 Å². The average molecular weight is 694 g/mol. The average Bonchev–Trinajstić information content (AvgIpc) is 3.63. The number of nitrogens with zero attached hydrogens (tertiary/aromatic N) is 2. The summed E-state index contributed by atoms with van der Waals surface area (Å²) in [5, 5.41) is 20.1. The Balaban J connectivity index is 1.19. The molecule has 0 bridgehead atoms. The third-order valence-electron chi connectivity index (χ3n) is 9.14. The zero-order valence-electron chi connectivity index (χ0n) is 27.6. The van der Waals surface area contributed by atoms with E-state index >= 15 is 0 Å². The molecule has 0 radical (unpaired) electrons. The van der Waals surface area contributed by atoms with E-state index in [-0.39, 0.29) is 5.69 Å². The fraction of sp³-hybridized carbons (Fsp3) is 0.143. The molecule has 5 aromatic carbocycles. The Kier molecular flexibility index (Phi) is 9.72. The molecule has 0 saturated heterocycles. The van der Waals surface area contributed by atoms with E-state index in [0.29, 0.717) is 24.4 Å². The number of aliphatic carboxylic acids is 1. The van der Waals surface area contributed by atoms with E-state index in [1.807, 2.05) is 115 Å². The molecule has 2 N–H and O–H groups in total. The van der Waals surface area contributed by atoms with Crippen LogP contribution in [-0.4, -0.2) is 33.3 Å². The van der Waals surface area contributed by atoms with Crippen LogP contribution < -0.4 is 5.32 Å². The highest BCUT2D eigenvalue weighted by atomic mass is 32.1. The zero-order chi connectivity index (χ0) is 35.1. The number of rotatable bonds is 13. The van der Waals surface area contributed by atoms with Gasteiger partial charge in [0.2, 0.25) is 11.3 Å². The largest absolute Gasteiger partial charge is 0.476 e. The molecule has 1 heterocycles. The summed E-state index contributed by atoms with van der Waals surface area (Å²) in [4.78, 5) is 37.0. The third kappa shape index (κ3) is 6.89. The molecule has 9 heteroatoms. The van der Waals surface area contributed by atoms with Crippen LogP contribution in [0.3, 0.4) is 0 Å². The van der Waals surface area contributed by atoms with Crippen LogP contribution in [0.2, 0.25) is 0 Å². The molecule has 0 spiro atoms. The van der Waals surface area contributed by atoms with E-state index in [1.54, 1.807) is 5.38 Å². The molecular formula is C42H35N3O5S. The van der Waals surface area contributed by atoms with Crippen LogP contribution in [0.5, 0.6) is 0 Å². The fourth-order valence-electron chi connectivity index (χ4n) is 6.34. The second kappa shape index (κ2) is 14.8. The van der Waals surface area contributed by atoms with Crippen LogP contribution in [0.25, 0.3) is 0 Å². The number of carbonyl (C=O) groups excluding carboxylic acids is 1. The maximum Gasteiger partial charge on any atom is 0.360 e. The second-order valence-electron chi connectivity index (χ2n) is 12.3. The highest BCUT2D eigenvalue weighted by molar-refractivity contribution is 7.14. The van der Waals surface area contributed by atoms with Crippen molar-refractivity contribution in [3.05, 3.63) is 191 Å². The normalized spacial score (nSPS) is 13.9. The summed E-state index contributed by atoms with van der Waals surface area (Å²) in [6.07, 6.45) is 0.724. The van der Waals surface area contributed by atoms with Gasteiger partial charge in [-0.3, -0.25) is 0 Å². The van der Waals surface area contributed by atoms with Gasteiger partial charge in [0.15, 0.2) is 11.2 Å². The monoisotopic (exact) mass is 693 g/mol. The lowest BCUT2D eigenvalue weighted by Gasteiger charge is -2.37. The van der Waals surface area contributed by atoms with Crippen LogP contribution in [0.15, 0.2) is 162 Å². The standard InChI is InChI=1S/C42H35N3O5S/c46-38(47)36(45-50-41(27-16-28-41)39(48)49-37(30-17-6-1-7-18-30)31-19-8-2-9-20-31)35-29-51-40(43-35)44-42(32-21-10-3-11-22-32,33-23-12-4-13-24-33)34-25-14-5-15-26-34/h1-15,17-26,29,37H,16,27-28H2,(H,43,44)(H,46,47)/b45-36-. The smallest absolute Gasteiger partial charge is 0.360 e. The number of carbonyl (C=O) groups is 2. The molecule has 1 saturated carbocycles. The summed E-state index contributed by atoms with van der Waals surface area (Å²) in [6, 6.07) is 49.1. The Morgan fingerprint density at radius 1 is 0.725 bits per heavy atom. The molecule has 0 atom stereocenters. The number of carboxylic acids is 1. The van der Waals surface area contributed by atoms with Gasteiger partial charge in [-0.2, -0.15) is 0 Å². The number of aromatic nitrogens is 1. The SMILES string of the molecule is O=C(O)/C(=N\OC1(C(=O)OC(c2ccccc2)c2ccccc2)CCC1)c1csc(NC(c2ccccc2)(c2ccccc2)c2ccccc2)n1. The van der Waals surface area contributed by atoms with Crippen LogP contribution in [0, 0.1) is 0 Å². The van der Waals surface area contributed by atoms with E-state index < -0.39 is 34.9 Å². The predicted molar refractivity (Wildman–Crippen MR) is 198 cm³/mol. The first-order chi connectivity index (χ1) is 25.0. The minimum atomic E-state index is -1.41. The summed E-state index contributed by atoms with van der Waals surface area (Å²) >= 11 is 1.26. The van der Waals surface area contributed by atoms with Crippen molar-refractivity contribution in [1.82, 2.24) is 4.98 Å². The molecule has 1 aliphatic carbocycles. The molecule has 0 amide bonds. The first-order valence-corrected chi connectivity index (χ1v) is 17.6. The molecule has 8 nitrogen and oxygen atoms in total. The zero-order valence-corrected chi connectivity index (χ0v) is 28.4. The van der Waals surface area contributed by atoms with Crippen LogP contribution in [0.4, 0.5) is 5.13 Å². The third-order valence-corrected chi connectivity index (χ3v) is 9.90. The molecule has 1 fully saturated rings. The van der Waals surface area contributed by atoms with Crippen molar-refractivity contribution in [2.45, 2.75) is 36.5 Å². The first kappa shape index (κ1) is 33.4. The quantitative estimate of drug-likeness (QED) is 0.0540. The number of carboxylic acid groups (broad SMARTS) is 1. The fourth-order valence-corrected chi connectivity index (χ4v) is 7.09. The molecule has 51 heavy (non-hydrogen) atoms. The molecule has 0 unspecified atom stereocenters. The highest BCUT2D eigenvalue weighted by Gasteiger charge is 2.50. The maximum absolute atomic E-state index is 13.8. The Morgan fingerprint density at radius 2 is 1.18 bits per heavy atom. The number of nitrogens with one attached hydrogen (secondary N) is 1. The second-order valence-corrected chi connectivity index (χ2v) is 13.2. The Hall–Kier alpha value is -6.06. The lowest BCUT2D eigenvalue weighted by molar-refractivity contribution is -0.189. The van der Waals surface area contributed by atoms with Crippen LogP contribution in [-0.2, 0) is 24.7 Å². The van der Waals surface area contributed by atoms with Crippen molar-refractivity contribution in [2.24, 2.45) is 5.16 Å². The summed E-state index contributed by atoms with van der Waals surface area (Å²) in [7, 11) is 0. The van der Waals surface area contributed by atoms with Crippen molar-refractivity contribution in [1.29, 1.82) is 0 Å². The number of esters is 1. The number of oxime groups is 1. The number of hydrogen-bond acceptors (Lipinski definition) is 8. The van der Waals surface area contributed by atoms with Gasteiger partial charge in [0.25, 0.3) is 0 Å². The summed E-state index contributed by atoms with van der Waals surface area (Å²) in [5.74, 6) is -1.93. The number of hydrogen-bond donors (Lipinski definition) is 2. The van der Waals surface area contributed by atoms with Crippen molar-refractivity contribution in [2.75, 3.05) is 5.32 Å². The number of benzene rings is 5. The molecule has 6 aromatic rings. The van der Waals surface area contributed by atoms with Gasteiger partial charge in [-0.05, 0) is 34.2 Å². The van der Waals surface area contributed by atoms with Gasteiger partial charge in [0.1, 0.15) is 11.2 Å². The van der Waals surface area contributed by atoms with E-state index in [4.69, 9.17) is 14.6 Å². The lowest BCUT2D eigenvalue weighted by Crippen LogP contribution is -2.48. The number of anilines is 1. The molecule has 7 rings (SSSR count). The topological polar surface area (TPSA) is 110 Å². The molecule has 0 aliphatic heterocycles. The minimum absolute atomic E-state index is 0.104. The van der Waals surface area contributed by atoms with E-state index in [0.717, 1.165) is 27.8 Å². The van der Waals surface area contributed by atoms with Gasteiger partial charge >= 0.3 is 11.9 Å². The van der Waals surface area contributed by atoms with E-state index in [9.17, 15) is 14.7 Å². The highest BCUT2D eigenvalue weighted by Crippen LogP contribution is 2.42. The number of ether oxygens (including phenoxy) is 1. The van der Waals surface area contributed by atoms with E-state index in [2.05, 4.69) is 46.9 Å². The number of thiazole rings is 1. The Morgan fingerprint density at radius 3 is 1.59 bits per heavy atom. The van der Waals surface area contributed by atoms with Crippen LogP contribution >= 0.6 is 11.3 Å². The molecular weight excluding hydrogens is 659 g/mol. The van der Waals surface area contributed by atoms with Crippen molar-refractivity contribution >= 4 is 34.1 Å². The van der Waals surface area contributed by atoms with Crippen molar-refractivity contribution in [3.63, 3.8) is 0 Å². The van der Waals surface area contributed by atoms with Gasteiger partial charge in [0, 0.05) is 18.2 Å². The van der Waals surface area contributed by atoms with Gasteiger partial charge in [-0.1, -0.05) is 157 Å². The predicted octanol–water partition coefficient (Wildman–Crippen LogP) is 8.61. The van der Waals surface area contributed by atoms with E-state index in [1.165, 1.54) is 11.3 Å². The molecule has 1 aliphatic rings. The van der Waals surface area contributed by atoms with Crippen LogP contribution in [0.1, 0.15) is 58.9 Å². The Bertz CT molecular complexity index is 1970. The van der Waals surface area contributed by atoms with Gasteiger partial charge < -0.3 is 20.0 Å². The minimum Gasteiger partial charge on any atom is -0.476 e. The first-order valence-electron chi connectivity index (χ1n) is 16.7. The molecule has 1 aromatic heterocycles. The lowest BCUT2D eigenvalue weighted by atomic mass is 9.77. The van der Waals surface area contributed by atoms with Gasteiger partial charge in [-0.25, -0.2) is 14.6 Å². The summed E-state index contributed by atoms with van der Waals surface area (Å²) in [5.41, 5.74) is 1.96. The van der Waals surface area contributed by atoms with Gasteiger partial charge in [-0.15, -0.1) is 11.3 Å². The Labute approximate surface area is 300 Å².